The van der Waals surface area contributed by atoms with E-state index in [1.54, 1.807) is 0 Å². The topological polar surface area (TPSA) is 47.4 Å². The fourth-order valence-corrected chi connectivity index (χ4v) is 3.95. The summed E-state index contributed by atoms with van der Waals surface area (Å²) in [6, 6.07) is 14.3. The van der Waals surface area contributed by atoms with Gasteiger partial charge in [-0.1, -0.05) is 30.3 Å². The summed E-state index contributed by atoms with van der Waals surface area (Å²) in [6.07, 6.45) is 4.02. The third kappa shape index (κ3) is 4.29. The van der Waals surface area contributed by atoms with Crippen molar-refractivity contribution in [3.8, 4) is 5.75 Å². The van der Waals surface area contributed by atoms with E-state index in [0.717, 1.165) is 25.1 Å². The molecule has 152 valence electrons. The number of carbonyl (C=O) groups is 1. The first-order chi connectivity index (χ1) is 13.9. The molecule has 5 heteroatoms. The lowest BCUT2D eigenvalue weighted by Gasteiger charge is -2.30. The van der Waals surface area contributed by atoms with Gasteiger partial charge in [-0.3, -0.25) is 9.48 Å². The van der Waals surface area contributed by atoms with Gasteiger partial charge in [0.25, 0.3) is 0 Å². The van der Waals surface area contributed by atoms with Gasteiger partial charge in [0.15, 0.2) is 0 Å². The molecule has 5 nitrogen and oxygen atoms in total. The number of ether oxygens (including phenoxy) is 1. The molecular weight excluding hydrogens is 362 g/mol. The van der Waals surface area contributed by atoms with Crippen LogP contribution in [-0.4, -0.2) is 33.7 Å². The Morgan fingerprint density at radius 1 is 1.14 bits per heavy atom. The number of amides is 1. The molecule has 0 spiro atoms. The van der Waals surface area contributed by atoms with E-state index in [0.29, 0.717) is 19.6 Å². The Hall–Kier alpha value is -2.82. The lowest BCUT2D eigenvalue weighted by Crippen LogP contribution is -2.37. The number of hydrogen-bond acceptors (Lipinski definition) is 3. The van der Waals surface area contributed by atoms with Crippen LogP contribution in [0.4, 0.5) is 0 Å². The number of nitrogens with zero attached hydrogens (tertiary/aromatic N) is 3. The molecule has 0 radical (unpaired) electrons. The number of aromatic nitrogens is 2. The summed E-state index contributed by atoms with van der Waals surface area (Å²) in [6.45, 7) is 8.45. The summed E-state index contributed by atoms with van der Waals surface area (Å²) in [5.41, 5.74) is 2.41. The molecule has 0 N–H and O–H groups in total. The van der Waals surface area contributed by atoms with Crippen LogP contribution in [0.2, 0.25) is 0 Å². The fraction of sp³-hybridized carbons (Fsp3) is 0.417. The largest absolute Gasteiger partial charge is 0.494 e. The first kappa shape index (κ1) is 19.5. The third-order valence-corrected chi connectivity index (χ3v) is 5.45. The number of rotatable bonds is 5. The van der Waals surface area contributed by atoms with Crippen molar-refractivity contribution in [3.05, 3.63) is 59.9 Å². The summed E-state index contributed by atoms with van der Waals surface area (Å²) >= 11 is 0. The zero-order valence-corrected chi connectivity index (χ0v) is 17.5. The van der Waals surface area contributed by atoms with Crippen LogP contribution >= 0.6 is 0 Å². The quantitative estimate of drug-likeness (QED) is 0.600. The van der Waals surface area contributed by atoms with Crippen LogP contribution in [0, 0.1) is 0 Å². The average Bonchev–Trinajstić information content (AvgIpc) is 3.14. The molecule has 1 aliphatic rings. The molecule has 0 unspecified atom stereocenters. The van der Waals surface area contributed by atoms with E-state index >= 15 is 0 Å². The average molecular weight is 392 g/mol. The predicted molar refractivity (Wildman–Crippen MR) is 115 cm³/mol. The van der Waals surface area contributed by atoms with E-state index in [4.69, 9.17) is 4.74 Å². The lowest BCUT2D eigenvalue weighted by atomic mass is 10.0. The SMILES string of the molecule is CC(C)(C)n1ncc2c1CCN(C(=O)CCCOc1ccc3ccccc3c1)C2. The van der Waals surface area contributed by atoms with Crippen molar-refractivity contribution in [3.63, 3.8) is 0 Å². The van der Waals surface area contributed by atoms with Gasteiger partial charge in [0.2, 0.25) is 5.91 Å². The van der Waals surface area contributed by atoms with Gasteiger partial charge in [-0.2, -0.15) is 5.10 Å². The van der Waals surface area contributed by atoms with Crippen LogP contribution in [0.1, 0.15) is 44.9 Å². The van der Waals surface area contributed by atoms with E-state index in [9.17, 15) is 4.79 Å². The minimum absolute atomic E-state index is 0.0279. The predicted octanol–water partition coefficient (Wildman–Crippen LogP) is 4.54. The molecule has 0 bridgehead atoms. The Labute approximate surface area is 172 Å². The highest BCUT2D eigenvalue weighted by Gasteiger charge is 2.27. The highest BCUT2D eigenvalue weighted by atomic mass is 16.5. The van der Waals surface area contributed by atoms with Crippen LogP contribution in [0.3, 0.4) is 0 Å². The van der Waals surface area contributed by atoms with Crippen LogP contribution in [0.25, 0.3) is 10.8 Å². The molecule has 29 heavy (non-hydrogen) atoms. The molecular formula is C24H29N3O2. The van der Waals surface area contributed by atoms with Crippen molar-refractivity contribution in [1.82, 2.24) is 14.7 Å². The third-order valence-electron chi connectivity index (χ3n) is 5.45. The molecule has 1 aliphatic heterocycles. The summed E-state index contributed by atoms with van der Waals surface area (Å²) in [5, 5.41) is 6.92. The summed E-state index contributed by atoms with van der Waals surface area (Å²) in [5.74, 6) is 1.05. The second-order valence-corrected chi connectivity index (χ2v) is 8.73. The molecule has 0 fully saturated rings. The van der Waals surface area contributed by atoms with Crippen LogP contribution in [-0.2, 0) is 23.3 Å². The summed E-state index contributed by atoms with van der Waals surface area (Å²) in [7, 11) is 0. The summed E-state index contributed by atoms with van der Waals surface area (Å²) < 4.78 is 7.96. The number of hydrogen-bond donors (Lipinski definition) is 0. The fourth-order valence-electron chi connectivity index (χ4n) is 3.95. The molecule has 1 aromatic heterocycles. The Balaban J connectivity index is 1.27. The number of fused-ring (bicyclic) bond motifs is 2. The smallest absolute Gasteiger partial charge is 0.223 e. The van der Waals surface area contributed by atoms with Gasteiger partial charge in [0.1, 0.15) is 5.75 Å². The van der Waals surface area contributed by atoms with Gasteiger partial charge in [-0.15, -0.1) is 0 Å². The van der Waals surface area contributed by atoms with Crippen LogP contribution in [0.15, 0.2) is 48.7 Å². The lowest BCUT2D eigenvalue weighted by molar-refractivity contribution is -0.132. The second kappa shape index (κ2) is 7.90. The molecule has 0 aliphatic carbocycles. The van der Waals surface area contributed by atoms with E-state index in [1.807, 2.05) is 29.3 Å². The molecule has 0 saturated carbocycles. The minimum Gasteiger partial charge on any atom is -0.494 e. The molecule has 3 aromatic rings. The van der Waals surface area contributed by atoms with Gasteiger partial charge < -0.3 is 9.64 Å². The van der Waals surface area contributed by atoms with Crippen molar-refractivity contribution >= 4 is 16.7 Å². The minimum atomic E-state index is -0.0279. The first-order valence-corrected chi connectivity index (χ1v) is 10.4. The van der Waals surface area contributed by atoms with Crippen molar-refractivity contribution in [2.45, 2.75) is 52.1 Å². The van der Waals surface area contributed by atoms with Crippen LogP contribution < -0.4 is 4.74 Å². The number of carbonyl (C=O) groups excluding carboxylic acids is 1. The molecule has 0 atom stereocenters. The maximum absolute atomic E-state index is 12.6. The normalized spacial score (nSPS) is 14.1. The second-order valence-electron chi connectivity index (χ2n) is 8.73. The molecule has 2 heterocycles. The van der Waals surface area contributed by atoms with E-state index in [2.05, 4.69) is 54.8 Å². The maximum atomic E-state index is 12.6. The van der Waals surface area contributed by atoms with Crippen molar-refractivity contribution in [1.29, 1.82) is 0 Å². The van der Waals surface area contributed by atoms with E-state index in [1.165, 1.54) is 22.0 Å². The number of benzene rings is 2. The standard InChI is InChI=1S/C24H29N3O2/c1-24(2,3)27-22-12-13-26(17-20(22)16-25-27)23(28)9-6-14-29-21-11-10-18-7-4-5-8-19(18)15-21/h4-5,7-8,10-11,15-16H,6,9,12-14,17H2,1-3H3. The zero-order chi connectivity index (χ0) is 20.4. The van der Waals surface area contributed by atoms with Gasteiger partial charge in [0.05, 0.1) is 18.3 Å². The van der Waals surface area contributed by atoms with Gasteiger partial charge in [0, 0.05) is 37.2 Å². The van der Waals surface area contributed by atoms with Gasteiger partial charge >= 0.3 is 0 Å². The van der Waals surface area contributed by atoms with Crippen LogP contribution in [0.5, 0.6) is 5.75 Å². The Morgan fingerprint density at radius 3 is 2.72 bits per heavy atom. The van der Waals surface area contributed by atoms with Crippen molar-refractivity contribution < 1.29 is 9.53 Å². The van der Waals surface area contributed by atoms with Crippen molar-refractivity contribution in [2.24, 2.45) is 0 Å². The van der Waals surface area contributed by atoms with Gasteiger partial charge in [-0.05, 0) is 50.1 Å². The van der Waals surface area contributed by atoms with Gasteiger partial charge in [-0.25, -0.2) is 0 Å². The highest BCUT2D eigenvalue weighted by molar-refractivity contribution is 5.83. The van der Waals surface area contributed by atoms with Crippen molar-refractivity contribution in [2.75, 3.05) is 13.2 Å². The Morgan fingerprint density at radius 2 is 1.93 bits per heavy atom. The van der Waals surface area contributed by atoms with E-state index in [-0.39, 0.29) is 11.4 Å². The van der Waals surface area contributed by atoms with E-state index < -0.39 is 0 Å². The molecule has 4 rings (SSSR count). The highest BCUT2D eigenvalue weighted by Crippen LogP contribution is 2.25. The molecule has 2 aromatic carbocycles. The monoisotopic (exact) mass is 391 g/mol. The molecule has 1 amide bonds. The first-order valence-electron chi connectivity index (χ1n) is 10.4. The zero-order valence-electron chi connectivity index (χ0n) is 17.5. The molecule has 0 saturated heterocycles. The Bertz CT molecular complexity index is 1020. The maximum Gasteiger partial charge on any atom is 0.223 e. The Kier molecular flexibility index (Phi) is 5.31. The summed E-state index contributed by atoms with van der Waals surface area (Å²) in [4.78, 5) is 14.6.